The maximum absolute atomic E-state index is 5.77. The summed E-state index contributed by atoms with van der Waals surface area (Å²) >= 11 is 0. The molecule has 0 radical (unpaired) electrons. The summed E-state index contributed by atoms with van der Waals surface area (Å²) in [6.07, 6.45) is 21.2. The van der Waals surface area contributed by atoms with E-state index in [0.717, 1.165) is 142 Å². The topological polar surface area (TPSA) is 72.9 Å². The molecule has 386 valence electrons. The highest BCUT2D eigenvalue weighted by atomic mass is 15.0. The minimum absolute atomic E-state index is 0.786. The van der Waals surface area contributed by atoms with Crippen LogP contribution in [0.15, 0.2) is 243 Å². The Bertz CT molecular complexity index is 3700. The Morgan fingerprint density at radius 2 is 0.475 bits per heavy atom. The fourth-order valence-electron chi connectivity index (χ4n) is 11.5. The first-order valence-corrected chi connectivity index (χ1v) is 27.9. The number of fused-ring (bicyclic) bond motifs is 8. The zero-order valence-corrected chi connectivity index (χ0v) is 44.7. The van der Waals surface area contributed by atoms with Crippen molar-refractivity contribution in [1.82, 2.24) is 19.9 Å². The average molecular weight is 1040 g/mol. The molecule has 8 nitrogen and oxygen atoms in total. The van der Waals surface area contributed by atoms with Gasteiger partial charge in [0, 0.05) is 74.2 Å². The van der Waals surface area contributed by atoms with E-state index in [2.05, 4.69) is 296 Å². The van der Waals surface area contributed by atoms with Gasteiger partial charge in [-0.25, -0.2) is 9.97 Å². The second-order valence-corrected chi connectivity index (χ2v) is 20.6. The van der Waals surface area contributed by atoms with Crippen molar-refractivity contribution in [3.63, 3.8) is 0 Å². The number of hydrogen-bond acceptors (Lipinski definition) is 2. The van der Waals surface area contributed by atoms with E-state index in [9.17, 15) is 0 Å². The van der Waals surface area contributed by atoms with Crippen LogP contribution in [0.3, 0.4) is 0 Å². The highest BCUT2D eigenvalue weighted by Gasteiger charge is 2.28. The zero-order chi connectivity index (χ0) is 53.5. The minimum Gasteiger partial charge on any atom is -0.354 e. The summed E-state index contributed by atoms with van der Waals surface area (Å²) in [7, 11) is 0. The molecule has 0 saturated heterocycles. The number of aromatic nitrogens is 8. The average Bonchev–Trinajstić information content (AvgIpc) is 4.44. The number of benzene rings is 4. The predicted octanol–water partition coefficient (Wildman–Crippen LogP) is 13.4. The lowest BCUT2D eigenvalue weighted by Gasteiger charge is -2.08. The molecule has 2 aliphatic rings. The molecule has 0 spiro atoms. The number of aryl methyl sites for hydroxylation is 8. The summed E-state index contributed by atoms with van der Waals surface area (Å²) in [5, 5.41) is 0. The monoisotopic (exact) mass is 1040 g/mol. The third kappa shape index (κ3) is 10.6. The minimum atomic E-state index is 0.786. The van der Waals surface area contributed by atoms with Gasteiger partial charge in [0.25, 0.3) is 0 Å². The predicted molar refractivity (Wildman–Crippen MR) is 322 cm³/mol. The van der Waals surface area contributed by atoms with Crippen LogP contribution < -0.4 is 18.3 Å². The Hall–Kier alpha value is -9.92. The molecule has 0 saturated carbocycles. The molecular formula is C72H62N8+4. The zero-order valence-electron chi connectivity index (χ0n) is 44.7. The van der Waals surface area contributed by atoms with Crippen molar-refractivity contribution in [1.29, 1.82) is 0 Å². The quantitative estimate of drug-likeness (QED) is 0.0947. The van der Waals surface area contributed by atoms with Gasteiger partial charge >= 0.3 is 0 Å². The highest BCUT2D eigenvalue weighted by Crippen LogP contribution is 2.37. The van der Waals surface area contributed by atoms with Crippen molar-refractivity contribution in [2.24, 2.45) is 0 Å². The molecule has 11 aromatic rings. The number of nitrogens with one attached hydrogen (secondary N) is 2. The first-order valence-electron chi connectivity index (χ1n) is 27.9. The Morgan fingerprint density at radius 1 is 0.250 bits per heavy atom. The molecule has 13 rings (SSSR count). The van der Waals surface area contributed by atoms with Gasteiger partial charge in [-0.2, -0.15) is 18.3 Å². The van der Waals surface area contributed by atoms with E-state index in [1.165, 1.54) is 22.3 Å². The summed E-state index contributed by atoms with van der Waals surface area (Å²) in [5.74, 6) is 0. The molecule has 8 bridgehead atoms. The third-order valence-electron chi connectivity index (χ3n) is 15.5. The van der Waals surface area contributed by atoms with E-state index in [4.69, 9.17) is 9.97 Å². The van der Waals surface area contributed by atoms with Crippen molar-refractivity contribution >= 4 is 46.4 Å². The molecule has 0 fully saturated rings. The lowest BCUT2D eigenvalue weighted by molar-refractivity contribution is -0.685. The molecule has 4 aromatic carbocycles. The van der Waals surface area contributed by atoms with Gasteiger partial charge in [0.2, 0.25) is 22.8 Å². The van der Waals surface area contributed by atoms with Crippen LogP contribution in [-0.4, -0.2) is 19.9 Å². The smallest absolute Gasteiger partial charge is 0.216 e. The fourth-order valence-corrected chi connectivity index (χ4v) is 11.5. The number of hydrogen-bond donors (Lipinski definition) is 2. The van der Waals surface area contributed by atoms with Crippen LogP contribution in [0, 0.1) is 0 Å². The van der Waals surface area contributed by atoms with E-state index in [1.807, 2.05) is 0 Å². The summed E-state index contributed by atoms with van der Waals surface area (Å²) in [6.45, 7) is 3.14. The first-order chi connectivity index (χ1) is 39.7. The lowest BCUT2D eigenvalue weighted by atomic mass is 10.1. The molecule has 0 aliphatic carbocycles. The largest absolute Gasteiger partial charge is 0.354 e. The third-order valence-corrected chi connectivity index (χ3v) is 15.5. The highest BCUT2D eigenvalue weighted by molar-refractivity contribution is 5.97. The van der Waals surface area contributed by atoms with Gasteiger partial charge < -0.3 is 9.97 Å². The normalized spacial score (nSPS) is 11.8. The molecule has 2 N–H and O–H groups in total. The van der Waals surface area contributed by atoms with E-state index in [1.54, 1.807) is 0 Å². The van der Waals surface area contributed by atoms with Gasteiger partial charge in [-0.1, -0.05) is 121 Å². The second-order valence-electron chi connectivity index (χ2n) is 20.6. The summed E-state index contributed by atoms with van der Waals surface area (Å²) in [6, 6.07) is 78.0. The van der Waals surface area contributed by atoms with Gasteiger partial charge in [-0.15, -0.1) is 0 Å². The maximum atomic E-state index is 5.77. The van der Waals surface area contributed by atoms with Gasteiger partial charge in [0.05, 0.1) is 67.1 Å². The first kappa shape index (κ1) is 49.6. The number of H-pyrrole nitrogens is 2. The van der Waals surface area contributed by atoms with E-state index < -0.39 is 0 Å². The van der Waals surface area contributed by atoms with Crippen LogP contribution in [0.25, 0.3) is 91.4 Å². The molecule has 2 aliphatic heterocycles. The van der Waals surface area contributed by atoms with Crippen LogP contribution in [0.1, 0.15) is 45.0 Å². The van der Waals surface area contributed by atoms with Crippen molar-refractivity contribution in [3.8, 4) is 45.0 Å². The van der Waals surface area contributed by atoms with Crippen LogP contribution in [0.4, 0.5) is 0 Å². The SMILES string of the molecule is C1=Cc2nc1c(-c1cccc[n+]1CCc1ccccc1)c1ccc([nH]1)c(-c1cccc[n+]1CCc1ccccc1)c1nc(c(-c3cccc[n+]3CCc3ccccc3)c3ccc([nH]3)c2-c2cccc[n+]2CCc2ccccc2)C=C1. The molecule has 0 unspecified atom stereocenters. The van der Waals surface area contributed by atoms with Crippen molar-refractivity contribution in [2.75, 3.05) is 0 Å². The van der Waals surface area contributed by atoms with Crippen LogP contribution in [0.5, 0.6) is 0 Å². The van der Waals surface area contributed by atoms with Crippen LogP contribution in [0.2, 0.25) is 0 Å². The molecule has 7 aromatic heterocycles. The maximum Gasteiger partial charge on any atom is 0.216 e. The standard InChI is InChI=1S/C72H61N8/c1-5-21-53(22-6-1)41-49-77-45-17-13-29-65(77)69-57-33-35-59(73-57)70(66-30-14-18-46-78(66)50-42-54-23-7-2-8-24-54)61-37-39-63(75-61)72(68-32-16-20-48-80(68)52-44-56-27-11-4-12-28-56)64-40-38-62(76-64)71(60-36-34-58(69)74-60)67-31-15-19-47-79(67)51-43-55-25-9-3-10-26-55/h1-40,45-48H,41-44,49-52H2,(H,73,74,75,76)/q+3/p+1. The number of pyridine rings is 4. The van der Waals surface area contributed by atoms with Crippen LogP contribution >= 0.6 is 0 Å². The Morgan fingerprint density at radius 3 is 0.713 bits per heavy atom. The molecule has 0 atom stereocenters. The Labute approximate surface area is 467 Å². The fraction of sp³-hybridized carbons (Fsp3) is 0.111. The summed E-state index contributed by atoms with van der Waals surface area (Å²) in [5.41, 5.74) is 20.9. The van der Waals surface area contributed by atoms with Crippen LogP contribution in [-0.2, 0) is 51.9 Å². The second kappa shape index (κ2) is 23.0. The number of aromatic amines is 2. The molecule has 8 heteroatoms. The molecule has 0 amide bonds. The van der Waals surface area contributed by atoms with E-state index >= 15 is 0 Å². The number of rotatable bonds is 16. The molecular weight excluding hydrogens is 977 g/mol. The van der Waals surface area contributed by atoms with Crippen molar-refractivity contribution < 1.29 is 18.3 Å². The van der Waals surface area contributed by atoms with Crippen molar-refractivity contribution in [3.05, 3.63) is 288 Å². The van der Waals surface area contributed by atoms with Crippen molar-refractivity contribution in [2.45, 2.75) is 51.9 Å². The number of nitrogens with zero attached hydrogens (tertiary/aromatic N) is 6. The van der Waals surface area contributed by atoms with E-state index in [0.29, 0.717) is 0 Å². The Balaban J connectivity index is 1.10. The molecule has 80 heavy (non-hydrogen) atoms. The molecule has 9 heterocycles. The van der Waals surface area contributed by atoms with Gasteiger partial charge in [0.15, 0.2) is 51.0 Å². The summed E-state index contributed by atoms with van der Waals surface area (Å²) in [4.78, 5) is 19.6. The van der Waals surface area contributed by atoms with Gasteiger partial charge in [-0.3, -0.25) is 0 Å². The van der Waals surface area contributed by atoms with Gasteiger partial charge in [0.1, 0.15) is 0 Å². The lowest BCUT2D eigenvalue weighted by Crippen LogP contribution is -2.37. The van der Waals surface area contributed by atoms with E-state index in [-0.39, 0.29) is 0 Å². The van der Waals surface area contributed by atoms with Gasteiger partial charge in [-0.05, 0) is 95.1 Å². The Kier molecular flexibility index (Phi) is 14.2. The summed E-state index contributed by atoms with van der Waals surface area (Å²) < 4.78 is 9.51.